The van der Waals surface area contributed by atoms with Crippen molar-refractivity contribution in [2.24, 2.45) is 7.05 Å². The Hall–Kier alpha value is -1.88. The maximum atomic E-state index is 10.9. The van der Waals surface area contributed by atoms with Crippen LogP contribution < -0.4 is 0 Å². The van der Waals surface area contributed by atoms with Crippen molar-refractivity contribution in [3.05, 3.63) is 40.1 Å². The molecule has 0 radical (unpaired) electrons. The Bertz CT molecular complexity index is 615. The van der Waals surface area contributed by atoms with Gasteiger partial charge in [-0.1, -0.05) is 13.8 Å². The van der Waals surface area contributed by atoms with E-state index in [0.717, 1.165) is 37.0 Å². The summed E-state index contributed by atoms with van der Waals surface area (Å²) in [5.41, 5.74) is 2.39. The Labute approximate surface area is 118 Å². The van der Waals surface area contributed by atoms with Crippen molar-refractivity contribution in [2.45, 2.75) is 20.3 Å². The second-order valence-corrected chi connectivity index (χ2v) is 5.00. The third kappa shape index (κ3) is 2.82. The van der Waals surface area contributed by atoms with Crippen molar-refractivity contribution in [3.8, 4) is 0 Å². The van der Waals surface area contributed by atoms with Crippen LogP contribution in [0.25, 0.3) is 10.9 Å². The first-order chi connectivity index (χ1) is 9.56. The van der Waals surface area contributed by atoms with Crippen LogP contribution in [0.1, 0.15) is 19.4 Å². The first-order valence-electron chi connectivity index (χ1n) is 7.01. The minimum absolute atomic E-state index is 0.160. The third-order valence-corrected chi connectivity index (χ3v) is 3.86. The number of fused-ring (bicyclic) bond motifs is 1. The van der Waals surface area contributed by atoms with E-state index in [2.05, 4.69) is 24.9 Å². The number of likely N-dealkylation sites (N-methyl/N-ethyl adjacent to an activating group) is 1. The molecular formula is C15H21N3O2. The Morgan fingerprint density at radius 3 is 2.60 bits per heavy atom. The Morgan fingerprint density at radius 1 is 1.30 bits per heavy atom. The summed E-state index contributed by atoms with van der Waals surface area (Å²) in [4.78, 5) is 12.9. The molecule has 0 saturated heterocycles. The van der Waals surface area contributed by atoms with E-state index >= 15 is 0 Å². The van der Waals surface area contributed by atoms with Crippen molar-refractivity contribution in [1.82, 2.24) is 9.47 Å². The molecule has 1 aromatic heterocycles. The molecule has 1 aromatic carbocycles. The highest BCUT2D eigenvalue weighted by Crippen LogP contribution is 2.25. The highest BCUT2D eigenvalue weighted by molar-refractivity contribution is 5.86. The maximum absolute atomic E-state index is 10.9. The van der Waals surface area contributed by atoms with E-state index in [0.29, 0.717) is 0 Å². The van der Waals surface area contributed by atoms with E-state index in [1.807, 2.05) is 17.7 Å². The van der Waals surface area contributed by atoms with Gasteiger partial charge in [-0.15, -0.1) is 0 Å². The number of nitro groups is 1. The van der Waals surface area contributed by atoms with Crippen LogP contribution in [0.2, 0.25) is 0 Å². The summed E-state index contributed by atoms with van der Waals surface area (Å²) in [6.07, 6.45) is 3.00. The topological polar surface area (TPSA) is 51.3 Å². The zero-order chi connectivity index (χ0) is 14.7. The lowest BCUT2D eigenvalue weighted by Gasteiger charge is -2.17. The van der Waals surface area contributed by atoms with Crippen LogP contribution >= 0.6 is 0 Å². The van der Waals surface area contributed by atoms with Gasteiger partial charge in [0, 0.05) is 42.8 Å². The van der Waals surface area contributed by atoms with Gasteiger partial charge < -0.3 is 9.47 Å². The highest BCUT2D eigenvalue weighted by atomic mass is 16.6. The number of aryl methyl sites for hydroxylation is 1. The molecule has 0 aliphatic heterocycles. The van der Waals surface area contributed by atoms with Crippen molar-refractivity contribution in [2.75, 3.05) is 19.6 Å². The lowest BCUT2D eigenvalue weighted by atomic mass is 10.1. The van der Waals surface area contributed by atoms with Gasteiger partial charge in [-0.25, -0.2) is 0 Å². The van der Waals surface area contributed by atoms with E-state index in [1.54, 1.807) is 12.1 Å². The van der Waals surface area contributed by atoms with Gasteiger partial charge in [0.15, 0.2) is 0 Å². The summed E-state index contributed by atoms with van der Waals surface area (Å²) in [5, 5.41) is 11.9. The Morgan fingerprint density at radius 2 is 2.00 bits per heavy atom. The van der Waals surface area contributed by atoms with Gasteiger partial charge in [0.2, 0.25) is 0 Å². The molecule has 0 bridgehead atoms. The maximum Gasteiger partial charge on any atom is 0.270 e. The second-order valence-electron chi connectivity index (χ2n) is 5.00. The zero-order valence-corrected chi connectivity index (χ0v) is 12.3. The predicted octanol–water partition coefficient (Wildman–Crippen LogP) is 2.97. The first kappa shape index (κ1) is 14.5. The van der Waals surface area contributed by atoms with Crippen LogP contribution in [-0.2, 0) is 13.5 Å². The summed E-state index contributed by atoms with van der Waals surface area (Å²) in [6.45, 7) is 7.34. The van der Waals surface area contributed by atoms with Crippen LogP contribution in [-0.4, -0.2) is 34.0 Å². The molecule has 5 heteroatoms. The molecule has 0 fully saturated rings. The lowest BCUT2D eigenvalue weighted by Crippen LogP contribution is -2.25. The van der Waals surface area contributed by atoms with Gasteiger partial charge in [-0.3, -0.25) is 10.1 Å². The zero-order valence-electron chi connectivity index (χ0n) is 12.3. The van der Waals surface area contributed by atoms with Gasteiger partial charge >= 0.3 is 0 Å². The highest BCUT2D eigenvalue weighted by Gasteiger charge is 2.12. The number of hydrogen-bond donors (Lipinski definition) is 0. The number of nitrogens with zero attached hydrogens (tertiary/aromatic N) is 3. The summed E-state index contributed by atoms with van der Waals surface area (Å²) in [7, 11) is 1.98. The number of benzene rings is 1. The van der Waals surface area contributed by atoms with E-state index < -0.39 is 0 Å². The fourth-order valence-electron chi connectivity index (χ4n) is 2.59. The van der Waals surface area contributed by atoms with Gasteiger partial charge in [-0.05, 0) is 31.1 Å². The van der Waals surface area contributed by atoms with Gasteiger partial charge in [0.1, 0.15) is 0 Å². The molecular weight excluding hydrogens is 254 g/mol. The van der Waals surface area contributed by atoms with Crippen LogP contribution in [0.15, 0.2) is 24.4 Å². The van der Waals surface area contributed by atoms with Crippen LogP contribution in [0.5, 0.6) is 0 Å². The van der Waals surface area contributed by atoms with Crippen molar-refractivity contribution in [3.63, 3.8) is 0 Å². The molecule has 0 spiro atoms. The normalized spacial score (nSPS) is 11.4. The molecule has 0 saturated carbocycles. The van der Waals surface area contributed by atoms with Gasteiger partial charge in [-0.2, -0.15) is 0 Å². The van der Waals surface area contributed by atoms with Crippen LogP contribution in [0, 0.1) is 10.1 Å². The minimum atomic E-state index is -0.333. The standard InChI is InChI=1S/C15H21N3O2/c1-4-17(5-2)9-8-12-11-16(3)15-7-6-13(18(19)20)10-14(12)15/h6-7,10-11H,4-5,8-9H2,1-3H3. The second kappa shape index (κ2) is 6.05. The molecule has 2 rings (SSSR count). The van der Waals surface area contributed by atoms with Crippen LogP contribution in [0.3, 0.4) is 0 Å². The molecule has 108 valence electrons. The molecule has 5 nitrogen and oxygen atoms in total. The molecule has 0 aliphatic carbocycles. The smallest absolute Gasteiger partial charge is 0.270 e. The quantitative estimate of drug-likeness (QED) is 0.601. The van der Waals surface area contributed by atoms with Crippen molar-refractivity contribution < 1.29 is 4.92 Å². The average Bonchev–Trinajstić information content (AvgIpc) is 2.76. The fourth-order valence-corrected chi connectivity index (χ4v) is 2.59. The van der Waals surface area contributed by atoms with E-state index in [9.17, 15) is 10.1 Å². The average molecular weight is 275 g/mol. The molecule has 20 heavy (non-hydrogen) atoms. The summed E-state index contributed by atoms with van der Waals surface area (Å²) < 4.78 is 2.04. The third-order valence-electron chi connectivity index (χ3n) is 3.86. The van der Waals surface area contributed by atoms with Crippen molar-refractivity contribution in [1.29, 1.82) is 0 Å². The molecule has 0 atom stereocenters. The number of rotatable bonds is 6. The largest absolute Gasteiger partial charge is 0.350 e. The van der Waals surface area contributed by atoms with Gasteiger partial charge in [0.05, 0.1) is 4.92 Å². The van der Waals surface area contributed by atoms with E-state index in [4.69, 9.17) is 0 Å². The molecule has 0 aliphatic rings. The summed E-state index contributed by atoms with van der Waals surface area (Å²) in [5.74, 6) is 0. The number of hydrogen-bond acceptors (Lipinski definition) is 3. The molecule has 0 amide bonds. The molecule has 0 N–H and O–H groups in total. The molecule has 1 heterocycles. The summed E-state index contributed by atoms with van der Waals surface area (Å²) >= 11 is 0. The molecule has 0 unspecified atom stereocenters. The fraction of sp³-hybridized carbons (Fsp3) is 0.467. The Balaban J connectivity index is 2.32. The Kier molecular flexibility index (Phi) is 4.39. The van der Waals surface area contributed by atoms with Crippen LogP contribution in [0.4, 0.5) is 5.69 Å². The number of nitro benzene ring substituents is 1. The SMILES string of the molecule is CCN(CC)CCc1cn(C)c2ccc([N+](=O)[O-])cc12. The minimum Gasteiger partial charge on any atom is -0.350 e. The van der Waals surface area contributed by atoms with E-state index in [1.165, 1.54) is 5.56 Å². The van der Waals surface area contributed by atoms with Crippen molar-refractivity contribution >= 4 is 16.6 Å². The summed E-state index contributed by atoms with van der Waals surface area (Å²) in [6, 6.07) is 5.08. The first-order valence-corrected chi connectivity index (χ1v) is 7.01. The predicted molar refractivity (Wildman–Crippen MR) is 81.1 cm³/mol. The monoisotopic (exact) mass is 275 g/mol. The molecule has 2 aromatic rings. The lowest BCUT2D eigenvalue weighted by molar-refractivity contribution is -0.384. The van der Waals surface area contributed by atoms with Gasteiger partial charge in [0.25, 0.3) is 5.69 Å². The number of non-ortho nitro benzene ring substituents is 1. The number of aromatic nitrogens is 1. The van der Waals surface area contributed by atoms with E-state index in [-0.39, 0.29) is 10.6 Å².